The minimum Gasteiger partial charge on any atom is -0.508 e. The molecule has 1 aliphatic heterocycles. The molecule has 0 fully saturated rings. The van der Waals surface area contributed by atoms with Crippen LogP contribution in [0.25, 0.3) is 33.4 Å². The van der Waals surface area contributed by atoms with Gasteiger partial charge in [-0.25, -0.2) is 4.79 Å². The van der Waals surface area contributed by atoms with E-state index in [0.717, 1.165) is 19.3 Å². The Hall–Kier alpha value is -3.91. The quantitative estimate of drug-likeness (QED) is 0.189. The average molecular weight is 491 g/mol. The average Bonchev–Trinajstić information content (AvgIpc) is 2.81. The number of fused-ring (bicyclic) bond motifs is 2. The summed E-state index contributed by atoms with van der Waals surface area (Å²) in [5.41, 5.74) is 2.56. The molecule has 0 spiro atoms. The van der Waals surface area contributed by atoms with Crippen molar-refractivity contribution in [2.75, 3.05) is 5.32 Å². The Labute approximate surface area is 207 Å². The first kappa shape index (κ1) is 24.2. The number of carbonyl (C=O) groups is 1. The Morgan fingerprint density at radius 3 is 2.66 bits per heavy atom. The van der Waals surface area contributed by atoms with Gasteiger partial charge in [-0.05, 0) is 67.5 Å². The van der Waals surface area contributed by atoms with Crippen LogP contribution in [-0.4, -0.2) is 27.3 Å². The van der Waals surface area contributed by atoms with E-state index in [4.69, 9.17) is 16.6 Å². The summed E-state index contributed by atoms with van der Waals surface area (Å²) in [5.74, 6) is -0.745. The van der Waals surface area contributed by atoms with Crippen molar-refractivity contribution in [1.29, 1.82) is 0 Å². The van der Waals surface area contributed by atoms with Crippen LogP contribution in [0.3, 0.4) is 0 Å². The van der Waals surface area contributed by atoms with Gasteiger partial charge in [0.1, 0.15) is 17.1 Å². The summed E-state index contributed by atoms with van der Waals surface area (Å²) in [5, 5.41) is 27.1. The minimum atomic E-state index is -1.11. The second-order valence-corrected chi connectivity index (χ2v) is 8.93. The summed E-state index contributed by atoms with van der Waals surface area (Å²) in [6, 6.07) is 14.4. The Morgan fingerprint density at radius 2 is 1.91 bits per heavy atom. The van der Waals surface area contributed by atoms with Crippen molar-refractivity contribution in [3.8, 4) is 28.2 Å². The van der Waals surface area contributed by atoms with Crippen LogP contribution in [0.15, 0.2) is 63.8 Å². The summed E-state index contributed by atoms with van der Waals surface area (Å²) < 4.78 is 5.87. The van der Waals surface area contributed by atoms with Gasteiger partial charge < -0.3 is 25.3 Å². The number of benzene rings is 3. The highest BCUT2D eigenvalue weighted by atomic mass is 32.1. The molecular weight excluding hydrogens is 464 g/mol. The normalized spacial score (nSPS) is 11.9. The van der Waals surface area contributed by atoms with Crippen molar-refractivity contribution in [2.45, 2.75) is 39.2 Å². The number of carboxylic acid groups (broad SMARTS) is 1. The standard InChI is InChI=1S/C27H26N2O5S/c1-3-4-5-15(2)28-27(35)29-22-11-6-16(12-21(22)26(32)33)25-19-9-7-17(30)13-23(19)34-24-14-18(31)8-10-20(24)25/h6-15,30H,3-5H2,1-2H3,(H,32,33)(H2,28,29,35)/t15-/m0/s1. The molecule has 0 amide bonds. The van der Waals surface area contributed by atoms with Crippen LogP contribution in [0.1, 0.15) is 43.5 Å². The van der Waals surface area contributed by atoms with Crippen molar-refractivity contribution in [1.82, 2.24) is 5.32 Å². The van der Waals surface area contributed by atoms with E-state index in [1.54, 1.807) is 30.3 Å². The van der Waals surface area contributed by atoms with E-state index < -0.39 is 5.97 Å². The lowest BCUT2D eigenvalue weighted by Crippen LogP contribution is -2.36. The zero-order valence-corrected chi connectivity index (χ0v) is 20.2. The molecule has 180 valence electrons. The van der Waals surface area contributed by atoms with E-state index >= 15 is 0 Å². The predicted molar refractivity (Wildman–Crippen MR) is 142 cm³/mol. The molecule has 0 aromatic heterocycles. The summed E-state index contributed by atoms with van der Waals surface area (Å²) in [4.78, 5) is 24.1. The van der Waals surface area contributed by atoms with E-state index in [1.807, 2.05) is 6.92 Å². The van der Waals surface area contributed by atoms with Crippen LogP contribution < -0.4 is 16.1 Å². The SMILES string of the molecule is CCCC[C@H](C)NC(=S)Nc1ccc(-c2c3ccc(=O)cc-3oc3cc(O)ccc23)cc1C(=O)O. The van der Waals surface area contributed by atoms with Crippen LogP contribution in [-0.2, 0) is 0 Å². The van der Waals surface area contributed by atoms with Crippen molar-refractivity contribution in [3.05, 3.63) is 70.4 Å². The van der Waals surface area contributed by atoms with Crippen molar-refractivity contribution < 1.29 is 19.4 Å². The lowest BCUT2D eigenvalue weighted by molar-refractivity contribution is 0.0698. The Bertz CT molecular complexity index is 1450. The van der Waals surface area contributed by atoms with Crippen molar-refractivity contribution in [3.63, 3.8) is 0 Å². The molecule has 0 saturated heterocycles. The molecule has 7 nitrogen and oxygen atoms in total. The number of phenols is 1. The maximum Gasteiger partial charge on any atom is 0.337 e. The van der Waals surface area contributed by atoms with E-state index in [1.165, 1.54) is 24.3 Å². The van der Waals surface area contributed by atoms with Crippen molar-refractivity contribution in [2.24, 2.45) is 0 Å². The highest BCUT2D eigenvalue weighted by Gasteiger charge is 2.20. The van der Waals surface area contributed by atoms with Crippen LogP contribution in [0.2, 0.25) is 0 Å². The molecule has 8 heteroatoms. The first-order valence-corrected chi connectivity index (χ1v) is 11.8. The maximum atomic E-state index is 12.2. The lowest BCUT2D eigenvalue weighted by atomic mass is 9.92. The van der Waals surface area contributed by atoms with Gasteiger partial charge >= 0.3 is 5.97 Å². The molecule has 35 heavy (non-hydrogen) atoms. The number of aromatic hydroxyl groups is 1. The Morgan fingerprint density at radius 1 is 1.11 bits per heavy atom. The predicted octanol–water partition coefficient (Wildman–Crippen LogP) is 5.83. The molecule has 1 heterocycles. The molecule has 2 aromatic rings. The van der Waals surface area contributed by atoms with E-state index in [9.17, 15) is 19.8 Å². The number of aromatic carboxylic acids is 1. The van der Waals surface area contributed by atoms with E-state index in [2.05, 4.69) is 17.6 Å². The number of hydrogen-bond acceptors (Lipinski definition) is 5. The Balaban J connectivity index is 1.79. The topological polar surface area (TPSA) is 112 Å². The van der Waals surface area contributed by atoms with Gasteiger partial charge in [0.2, 0.25) is 0 Å². The third-order valence-electron chi connectivity index (χ3n) is 5.83. The fourth-order valence-electron chi connectivity index (χ4n) is 4.12. The zero-order valence-electron chi connectivity index (χ0n) is 19.4. The second kappa shape index (κ2) is 10.1. The third kappa shape index (κ3) is 5.27. The highest BCUT2D eigenvalue weighted by molar-refractivity contribution is 7.80. The maximum absolute atomic E-state index is 12.2. The highest BCUT2D eigenvalue weighted by Crippen LogP contribution is 2.41. The second-order valence-electron chi connectivity index (χ2n) is 8.52. The van der Waals surface area contributed by atoms with Gasteiger partial charge in [-0.2, -0.15) is 0 Å². The molecule has 2 aliphatic rings. The van der Waals surface area contributed by atoms with Gasteiger partial charge in [-0.15, -0.1) is 0 Å². The van der Waals surface area contributed by atoms with Crippen LogP contribution >= 0.6 is 12.2 Å². The molecule has 1 aliphatic carbocycles. The number of thiocarbonyl (C=S) groups is 1. The summed E-state index contributed by atoms with van der Waals surface area (Å²) >= 11 is 5.41. The largest absolute Gasteiger partial charge is 0.508 e. The molecule has 0 radical (unpaired) electrons. The number of nitrogens with one attached hydrogen (secondary N) is 2. The molecule has 4 rings (SSSR count). The minimum absolute atomic E-state index is 0.0183. The van der Waals surface area contributed by atoms with Gasteiger partial charge in [0.25, 0.3) is 0 Å². The van der Waals surface area contributed by atoms with Crippen LogP contribution in [0.4, 0.5) is 5.69 Å². The summed E-state index contributed by atoms with van der Waals surface area (Å²) in [7, 11) is 0. The number of rotatable bonds is 7. The van der Waals surface area contributed by atoms with Gasteiger partial charge in [-0.3, -0.25) is 4.79 Å². The summed E-state index contributed by atoms with van der Waals surface area (Å²) in [6.07, 6.45) is 3.12. The third-order valence-corrected chi connectivity index (χ3v) is 6.05. The lowest BCUT2D eigenvalue weighted by Gasteiger charge is -2.19. The van der Waals surface area contributed by atoms with Gasteiger partial charge in [-0.1, -0.05) is 25.8 Å². The van der Waals surface area contributed by atoms with E-state index in [-0.39, 0.29) is 22.8 Å². The molecule has 4 N–H and O–H groups in total. The molecular formula is C27H26N2O5S. The molecule has 0 bridgehead atoms. The molecule has 0 unspecified atom stereocenters. The van der Waals surface area contributed by atoms with E-state index in [0.29, 0.717) is 44.2 Å². The molecule has 2 aromatic carbocycles. The van der Waals surface area contributed by atoms with Crippen LogP contribution in [0.5, 0.6) is 5.75 Å². The number of unbranched alkanes of at least 4 members (excludes halogenated alkanes) is 1. The molecule has 1 atom stereocenters. The van der Waals surface area contributed by atoms with Crippen molar-refractivity contribution >= 4 is 40.0 Å². The summed E-state index contributed by atoms with van der Waals surface area (Å²) in [6.45, 7) is 4.16. The molecule has 0 saturated carbocycles. The fourth-order valence-corrected chi connectivity index (χ4v) is 4.43. The van der Waals surface area contributed by atoms with Gasteiger partial charge in [0.05, 0.1) is 11.3 Å². The fraction of sp³-hybridized carbons (Fsp3) is 0.222. The smallest absolute Gasteiger partial charge is 0.337 e. The van der Waals surface area contributed by atoms with Gasteiger partial charge in [0, 0.05) is 34.7 Å². The first-order chi connectivity index (χ1) is 16.8. The number of carboxylic acids is 1. The number of hydrogen-bond donors (Lipinski definition) is 4. The Kier molecular flexibility index (Phi) is 7.02. The number of phenolic OH excluding ortho intramolecular Hbond substituents is 1. The first-order valence-electron chi connectivity index (χ1n) is 11.4. The number of anilines is 1. The van der Waals surface area contributed by atoms with Crippen LogP contribution in [0, 0.1) is 0 Å². The van der Waals surface area contributed by atoms with Gasteiger partial charge in [0.15, 0.2) is 10.5 Å². The zero-order chi connectivity index (χ0) is 25.1. The monoisotopic (exact) mass is 490 g/mol.